The molecule has 5 rings (SSSR count). The number of halogens is 1. The smallest absolute Gasteiger partial charge is 0.295 e. The number of hydrogen-bond donors (Lipinski definition) is 0. The summed E-state index contributed by atoms with van der Waals surface area (Å²) in [5, 5.41) is 1.01. The van der Waals surface area contributed by atoms with Crippen molar-refractivity contribution in [3.63, 3.8) is 0 Å². The molecule has 1 atom stereocenters. The number of aryl methyl sites for hydroxylation is 1. The topological polar surface area (TPSA) is 50.5 Å². The Labute approximate surface area is 172 Å². The van der Waals surface area contributed by atoms with Crippen molar-refractivity contribution >= 4 is 34.2 Å². The number of anilines is 1. The molecule has 29 heavy (non-hydrogen) atoms. The number of fused-ring (bicyclic) bond motifs is 2. The highest BCUT2D eigenvalue weighted by Gasteiger charge is 2.43. The third-order valence-electron chi connectivity index (χ3n) is 5.22. The van der Waals surface area contributed by atoms with Gasteiger partial charge in [0.1, 0.15) is 5.58 Å². The minimum absolute atomic E-state index is 0.0835. The van der Waals surface area contributed by atoms with Gasteiger partial charge in [0.25, 0.3) is 5.91 Å². The van der Waals surface area contributed by atoms with Crippen LogP contribution in [0, 0.1) is 6.92 Å². The first-order valence-corrected chi connectivity index (χ1v) is 9.64. The van der Waals surface area contributed by atoms with Crippen molar-refractivity contribution in [1.29, 1.82) is 0 Å². The Morgan fingerprint density at radius 1 is 0.931 bits per heavy atom. The van der Waals surface area contributed by atoms with E-state index in [0.717, 1.165) is 11.1 Å². The predicted molar refractivity (Wildman–Crippen MR) is 114 cm³/mol. The molecule has 1 unspecified atom stereocenters. The molecule has 1 amide bonds. The normalized spacial score (nSPS) is 15.7. The molecule has 2 heterocycles. The molecule has 1 aliphatic heterocycles. The number of rotatable bonds is 2. The zero-order chi connectivity index (χ0) is 20.1. The third kappa shape index (κ3) is 2.76. The van der Waals surface area contributed by atoms with Crippen molar-refractivity contribution in [3.8, 4) is 0 Å². The van der Waals surface area contributed by atoms with Gasteiger partial charge in [0.05, 0.1) is 17.0 Å². The van der Waals surface area contributed by atoms with E-state index in [4.69, 9.17) is 16.0 Å². The highest BCUT2D eigenvalue weighted by molar-refractivity contribution is 6.30. The van der Waals surface area contributed by atoms with Gasteiger partial charge in [0, 0.05) is 10.7 Å². The monoisotopic (exact) mass is 401 g/mol. The van der Waals surface area contributed by atoms with Gasteiger partial charge in [-0.05, 0) is 48.9 Å². The Balaban J connectivity index is 1.84. The van der Waals surface area contributed by atoms with Gasteiger partial charge in [-0.1, -0.05) is 53.6 Å². The molecule has 0 saturated carbocycles. The summed E-state index contributed by atoms with van der Waals surface area (Å²) in [7, 11) is 0. The first kappa shape index (κ1) is 17.7. The molecule has 3 aromatic carbocycles. The molecule has 142 valence electrons. The lowest BCUT2D eigenvalue weighted by atomic mass is 9.98. The molecule has 4 aromatic rings. The molecule has 0 saturated heterocycles. The average molecular weight is 402 g/mol. The van der Waals surface area contributed by atoms with Crippen LogP contribution in [0.15, 0.2) is 82.0 Å². The molecule has 0 fully saturated rings. The first-order chi connectivity index (χ1) is 14.0. The Bertz CT molecular complexity index is 1330. The van der Waals surface area contributed by atoms with Gasteiger partial charge < -0.3 is 4.42 Å². The molecule has 1 aromatic heterocycles. The fourth-order valence-electron chi connectivity index (χ4n) is 3.93. The van der Waals surface area contributed by atoms with E-state index in [2.05, 4.69) is 0 Å². The molecular weight excluding hydrogens is 386 g/mol. The fraction of sp³-hybridized carbons (Fsp3) is 0.0833. The second-order valence-electron chi connectivity index (χ2n) is 7.14. The largest absolute Gasteiger partial charge is 0.450 e. The average Bonchev–Trinajstić information content (AvgIpc) is 3.02. The quantitative estimate of drug-likeness (QED) is 0.445. The number of nitrogens with zero attached hydrogens (tertiary/aromatic N) is 1. The molecule has 0 radical (unpaired) electrons. The van der Waals surface area contributed by atoms with Crippen LogP contribution in [0.3, 0.4) is 0 Å². The van der Waals surface area contributed by atoms with Gasteiger partial charge in [-0.2, -0.15) is 0 Å². The van der Waals surface area contributed by atoms with Gasteiger partial charge >= 0.3 is 0 Å². The van der Waals surface area contributed by atoms with Crippen molar-refractivity contribution in [2.75, 3.05) is 4.90 Å². The predicted octanol–water partition coefficient (Wildman–Crippen LogP) is 5.50. The van der Waals surface area contributed by atoms with Gasteiger partial charge in [-0.3, -0.25) is 14.5 Å². The maximum absolute atomic E-state index is 13.5. The Hall–Kier alpha value is -3.37. The Morgan fingerprint density at radius 3 is 2.48 bits per heavy atom. The zero-order valence-electron chi connectivity index (χ0n) is 15.6. The van der Waals surface area contributed by atoms with E-state index >= 15 is 0 Å². The number of carbonyl (C=O) groups is 1. The van der Waals surface area contributed by atoms with E-state index in [9.17, 15) is 9.59 Å². The summed E-state index contributed by atoms with van der Waals surface area (Å²) in [5.74, 6) is -0.254. The number of para-hydroxylation sites is 1. The van der Waals surface area contributed by atoms with Gasteiger partial charge in [-0.15, -0.1) is 0 Å². The lowest BCUT2D eigenvalue weighted by Crippen LogP contribution is -2.29. The highest BCUT2D eigenvalue weighted by atomic mass is 35.5. The van der Waals surface area contributed by atoms with E-state index in [1.54, 1.807) is 29.2 Å². The van der Waals surface area contributed by atoms with Crippen molar-refractivity contribution in [1.82, 2.24) is 0 Å². The number of carbonyl (C=O) groups excluding carboxylic acids is 1. The summed E-state index contributed by atoms with van der Waals surface area (Å²) in [4.78, 5) is 28.5. The van der Waals surface area contributed by atoms with Crippen LogP contribution in [0.25, 0.3) is 11.0 Å². The standard InChI is InChI=1S/C24H16ClNO3/c1-14-10-11-19-18(12-14)22(27)20-21(15-6-5-7-16(25)13-15)26(24(28)23(20)29-19)17-8-3-2-4-9-17/h2-13,21H,1H3. The molecular formula is C24H16ClNO3. The van der Waals surface area contributed by atoms with E-state index < -0.39 is 6.04 Å². The molecule has 0 bridgehead atoms. The van der Waals surface area contributed by atoms with Crippen LogP contribution in [0.4, 0.5) is 5.69 Å². The molecule has 0 aliphatic carbocycles. The first-order valence-electron chi connectivity index (χ1n) is 9.26. The molecule has 0 spiro atoms. The summed E-state index contributed by atoms with van der Waals surface area (Å²) < 4.78 is 5.96. The van der Waals surface area contributed by atoms with Crippen molar-refractivity contribution < 1.29 is 9.21 Å². The van der Waals surface area contributed by atoms with Gasteiger partial charge in [0.15, 0.2) is 5.43 Å². The van der Waals surface area contributed by atoms with Crippen LogP contribution in [0.2, 0.25) is 5.02 Å². The van der Waals surface area contributed by atoms with Crippen LogP contribution in [0.5, 0.6) is 0 Å². The lowest BCUT2D eigenvalue weighted by Gasteiger charge is -2.25. The van der Waals surface area contributed by atoms with E-state index in [1.807, 2.05) is 55.5 Å². The SMILES string of the molecule is Cc1ccc2oc3c(c(=O)c2c1)C(c1cccc(Cl)c1)N(c1ccccc1)C3=O. The molecule has 5 heteroatoms. The van der Waals surface area contributed by atoms with Crippen molar-refractivity contribution in [3.05, 3.63) is 110 Å². The summed E-state index contributed by atoms with van der Waals surface area (Å²) in [5.41, 5.74) is 2.96. The van der Waals surface area contributed by atoms with Crippen molar-refractivity contribution in [2.45, 2.75) is 13.0 Å². The minimum atomic E-state index is -0.611. The van der Waals surface area contributed by atoms with Crippen molar-refractivity contribution in [2.24, 2.45) is 0 Å². The number of amides is 1. The Morgan fingerprint density at radius 2 is 1.72 bits per heavy atom. The van der Waals surface area contributed by atoms with Crippen LogP contribution < -0.4 is 10.3 Å². The summed E-state index contributed by atoms with van der Waals surface area (Å²) in [6.45, 7) is 1.92. The second-order valence-corrected chi connectivity index (χ2v) is 7.58. The number of benzene rings is 3. The van der Waals surface area contributed by atoms with Gasteiger partial charge in [0.2, 0.25) is 5.76 Å². The van der Waals surface area contributed by atoms with E-state index in [-0.39, 0.29) is 17.1 Å². The van der Waals surface area contributed by atoms with E-state index in [1.165, 1.54) is 0 Å². The number of hydrogen-bond acceptors (Lipinski definition) is 3. The lowest BCUT2D eigenvalue weighted by molar-refractivity contribution is 0.0971. The highest BCUT2D eigenvalue weighted by Crippen LogP contribution is 2.41. The maximum atomic E-state index is 13.5. The van der Waals surface area contributed by atoms with Crippen LogP contribution in [0.1, 0.15) is 33.3 Å². The molecule has 1 aliphatic rings. The maximum Gasteiger partial charge on any atom is 0.295 e. The van der Waals surface area contributed by atoms with Crippen LogP contribution in [-0.2, 0) is 0 Å². The fourth-order valence-corrected chi connectivity index (χ4v) is 4.13. The minimum Gasteiger partial charge on any atom is -0.450 e. The van der Waals surface area contributed by atoms with E-state index in [0.29, 0.717) is 27.2 Å². The van der Waals surface area contributed by atoms with Crippen LogP contribution in [-0.4, -0.2) is 5.91 Å². The summed E-state index contributed by atoms with van der Waals surface area (Å²) in [6.07, 6.45) is 0. The molecule has 4 nitrogen and oxygen atoms in total. The summed E-state index contributed by atoms with van der Waals surface area (Å²) >= 11 is 6.23. The second kappa shape index (κ2) is 6.61. The third-order valence-corrected chi connectivity index (χ3v) is 5.46. The molecule has 0 N–H and O–H groups in total. The Kier molecular flexibility index (Phi) is 4.03. The summed E-state index contributed by atoms with van der Waals surface area (Å²) in [6, 6.07) is 21.3. The zero-order valence-corrected chi connectivity index (χ0v) is 16.3. The van der Waals surface area contributed by atoms with Gasteiger partial charge in [-0.25, -0.2) is 0 Å². The van der Waals surface area contributed by atoms with Crippen LogP contribution >= 0.6 is 11.6 Å².